The second-order valence-corrected chi connectivity index (χ2v) is 14.3. The van der Waals surface area contributed by atoms with Crippen molar-refractivity contribution in [3.63, 3.8) is 0 Å². The molecule has 2 fully saturated rings. The van der Waals surface area contributed by atoms with E-state index < -0.39 is 91.3 Å². The van der Waals surface area contributed by atoms with Gasteiger partial charge in [-0.2, -0.15) is 0 Å². The van der Waals surface area contributed by atoms with Gasteiger partial charge in [-0.15, -0.1) is 0 Å². The molecule has 0 spiro atoms. The van der Waals surface area contributed by atoms with E-state index in [1.54, 1.807) is 0 Å². The number of aliphatic hydroxyl groups is 3. The summed E-state index contributed by atoms with van der Waals surface area (Å²) in [5.74, 6) is -1.94. The van der Waals surface area contributed by atoms with E-state index in [1.165, 1.54) is 6.92 Å². The average molecular weight is 801 g/mol. The van der Waals surface area contributed by atoms with Gasteiger partial charge < -0.3 is 84.9 Å². The van der Waals surface area contributed by atoms with Gasteiger partial charge >= 0.3 is 6.09 Å². The summed E-state index contributed by atoms with van der Waals surface area (Å²) < 4.78 is 10.9. The van der Waals surface area contributed by atoms with Crippen molar-refractivity contribution in [3.8, 4) is 0 Å². The number of rotatable bonds is 22. The number of piperidine rings is 1. The van der Waals surface area contributed by atoms with Crippen molar-refractivity contribution in [3.05, 3.63) is 0 Å². The highest BCUT2D eigenvalue weighted by Crippen LogP contribution is 2.24. The number of ether oxygens (including phenoxy) is 2. The fourth-order valence-electron chi connectivity index (χ4n) is 6.69. The van der Waals surface area contributed by atoms with Gasteiger partial charge in [0, 0.05) is 63.9 Å². The number of guanidine groups is 1. The maximum absolute atomic E-state index is 13.4. The molecule has 0 aromatic carbocycles. The molecule has 0 bridgehead atoms. The van der Waals surface area contributed by atoms with Crippen LogP contribution in [0.25, 0.3) is 0 Å². The molecular formula is C33H60N12O11. The van der Waals surface area contributed by atoms with Gasteiger partial charge in [-0.1, -0.05) is 0 Å². The number of hydrogen-bond acceptors (Lipinski definition) is 17. The molecule has 23 heteroatoms. The quantitative estimate of drug-likeness (QED) is 0.0453. The monoisotopic (exact) mass is 800 g/mol. The zero-order valence-electron chi connectivity index (χ0n) is 31.6. The van der Waals surface area contributed by atoms with Gasteiger partial charge in [0.1, 0.15) is 18.2 Å². The van der Waals surface area contributed by atoms with Gasteiger partial charge in [-0.25, -0.2) is 9.79 Å². The second-order valence-electron chi connectivity index (χ2n) is 14.3. The molecule has 23 nitrogen and oxygen atoms in total. The largest absolute Gasteiger partial charge is 0.441 e. The van der Waals surface area contributed by atoms with Crippen LogP contribution in [0.15, 0.2) is 4.99 Å². The van der Waals surface area contributed by atoms with Crippen molar-refractivity contribution in [2.75, 3.05) is 32.8 Å². The first-order valence-corrected chi connectivity index (χ1v) is 18.9. The number of fused-ring (bicyclic) bond motifs is 1. The lowest BCUT2D eigenvalue weighted by Gasteiger charge is -2.44. The zero-order valence-corrected chi connectivity index (χ0v) is 31.6. The van der Waals surface area contributed by atoms with Crippen LogP contribution >= 0.6 is 0 Å². The van der Waals surface area contributed by atoms with E-state index in [9.17, 15) is 44.1 Å². The number of nitrogens with zero attached hydrogens (tertiary/aromatic N) is 1. The molecule has 3 aliphatic heterocycles. The zero-order chi connectivity index (χ0) is 41.4. The molecule has 318 valence electrons. The molecule has 3 rings (SSSR count). The smallest absolute Gasteiger partial charge is 0.404 e. The number of nitrogens with one attached hydrogen (secondary N) is 7. The summed E-state index contributed by atoms with van der Waals surface area (Å²) in [5, 5.41) is 50.7. The predicted octanol–water partition coefficient (Wildman–Crippen LogP) is -6.35. The van der Waals surface area contributed by atoms with Crippen LogP contribution in [0, 0.1) is 0 Å². The van der Waals surface area contributed by atoms with Crippen LogP contribution in [0.1, 0.15) is 64.7 Å². The second kappa shape index (κ2) is 23.0. The van der Waals surface area contributed by atoms with Crippen LogP contribution in [0.3, 0.4) is 0 Å². The molecule has 0 saturated carbocycles. The fraction of sp³-hybridized carbons (Fsp3) is 0.788. The van der Waals surface area contributed by atoms with Gasteiger partial charge in [0.15, 0.2) is 24.3 Å². The van der Waals surface area contributed by atoms with Crippen LogP contribution in [0.5, 0.6) is 0 Å². The van der Waals surface area contributed by atoms with Crippen molar-refractivity contribution in [1.29, 1.82) is 0 Å². The number of nitrogens with two attached hydrogens (primary N) is 4. The molecule has 2 saturated heterocycles. The third-order valence-electron chi connectivity index (χ3n) is 9.48. The lowest BCUT2D eigenvalue weighted by Crippen LogP contribution is -2.70. The molecule has 0 aromatic heterocycles. The standard InChI is InChI=1S/C33H60N12O11/c1-16(47)41-19(7-4-10-39-23(50)12-18(36)6-3-9-38-22(49)11-17(35)5-2-8-34)13-24(51)42-27-28(52)29(56-32(37)54)21(15-46)55-31(27)45-33-43-25-20(48)14-40-30(53)26(25)44-33/h17-21,25-29,31,46,48,52H,2-15,34-36H2,1H3,(H2,37,54)(H,38,49)(H,39,50)(H,40,53)(H,41,47)(H,42,51)(H2,43,44,45)/t17-,18-,19-,20-,21+,25-,26+,27+,28+,29+,31+/m1/s1. The molecule has 0 unspecified atom stereocenters. The number of β-amino-alcohol motifs (C(OH)–C–C–N with tert-alkyl or cyclic N) is 1. The molecule has 6 amide bonds. The van der Waals surface area contributed by atoms with E-state index in [4.69, 9.17) is 32.4 Å². The summed E-state index contributed by atoms with van der Waals surface area (Å²) in [7, 11) is 0. The Morgan fingerprint density at radius 3 is 2.16 bits per heavy atom. The molecule has 0 aliphatic carbocycles. The van der Waals surface area contributed by atoms with Gasteiger partial charge in [-0.05, 0) is 45.1 Å². The van der Waals surface area contributed by atoms with Gasteiger partial charge in [-0.3, -0.25) is 24.0 Å². The van der Waals surface area contributed by atoms with Crippen LogP contribution in [0.4, 0.5) is 4.79 Å². The summed E-state index contributed by atoms with van der Waals surface area (Å²) >= 11 is 0. The molecule has 11 atom stereocenters. The first kappa shape index (κ1) is 46.0. The molecular weight excluding hydrogens is 740 g/mol. The number of amides is 6. The van der Waals surface area contributed by atoms with Crippen molar-refractivity contribution < 1.29 is 53.6 Å². The van der Waals surface area contributed by atoms with Gasteiger partial charge in [0.2, 0.25) is 29.5 Å². The Balaban J connectivity index is 1.51. The fourth-order valence-corrected chi connectivity index (χ4v) is 6.69. The highest BCUT2D eigenvalue weighted by atomic mass is 16.6. The summed E-state index contributed by atoms with van der Waals surface area (Å²) in [5.41, 5.74) is 22.7. The lowest BCUT2D eigenvalue weighted by molar-refractivity contribution is -0.198. The number of carbonyl (C=O) groups excluding carboxylic acids is 6. The molecule has 0 radical (unpaired) electrons. The van der Waals surface area contributed by atoms with Gasteiger partial charge in [0.05, 0.1) is 18.8 Å². The van der Waals surface area contributed by atoms with E-state index in [2.05, 4.69) is 42.2 Å². The van der Waals surface area contributed by atoms with E-state index in [1.807, 2.05) is 0 Å². The van der Waals surface area contributed by atoms with E-state index in [0.717, 1.165) is 6.42 Å². The Morgan fingerprint density at radius 2 is 1.59 bits per heavy atom. The van der Waals surface area contributed by atoms with Crippen molar-refractivity contribution >= 4 is 41.6 Å². The van der Waals surface area contributed by atoms with Crippen molar-refractivity contribution in [2.45, 2.75) is 132 Å². The van der Waals surface area contributed by atoms with Gasteiger partial charge in [0.25, 0.3) is 0 Å². The maximum Gasteiger partial charge on any atom is 0.404 e. The Labute approximate surface area is 324 Å². The van der Waals surface area contributed by atoms with E-state index in [0.29, 0.717) is 38.8 Å². The summed E-state index contributed by atoms with van der Waals surface area (Å²) in [6, 6.07) is -4.47. The number of aliphatic imine (C=N–C) groups is 1. The lowest BCUT2D eigenvalue weighted by atomic mass is 9.95. The maximum atomic E-state index is 13.4. The normalized spacial score (nSPS) is 27.2. The molecule has 3 aliphatic rings. The Bertz CT molecular complexity index is 1380. The highest BCUT2D eigenvalue weighted by molar-refractivity contribution is 5.92. The van der Waals surface area contributed by atoms with Crippen LogP contribution in [0.2, 0.25) is 0 Å². The molecule has 56 heavy (non-hydrogen) atoms. The number of primary amides is 1. The minimum atomic E-state index is -1.68. The van der Waals surface area contributed by atoms with Crippen LogP contribution in [-0.2, 0) is 33.4 Å². The summed E-state index contributed by atoms with van der Waals surface area (Å²) in [6.45, 7) is 1.70. The van der Waals surface area contributed by atoms with Crippen molar-refractivity contribution in [2.24, 2.45) is 27.9 Å². The average Bonchev–Trinajstić information content (AvgIpc) is 3.56. The van der Waals surface area contributed by atoms with Crippen molar-refractivity contribution in [1.82, 2.24) is 37.2 Å². The topological polar surface area (TPSA) is 382 Å². The number of aliphatic hydroxyl groups excluding tert-OH is 3. The Hall–Kier alpha value is -4.39. The third-order valence-corrected chi connectivity index (χ3v) is 9.48. The molecule has 3 heterocycles. The molecule has 0 aromatic rings. The SMILES string of the molecule is CC(=O)N[C@H](CCCNC(=O)C[C@H](N)CCCNC(=O)C[C@H](N)CCCN)CC(=O)N[C@H]1[C@H](O)[C@@H](OC(N)=O)[C@H](CO)O[C@@H]1NC1=N[C@@H]2C(=O)NC[C@@H](O)[C@H]2N1. The highest BCUT2D eigenvalue weighted by Gasteiger charge is 2.49. The first-order chi connectivity index (χ1) is 26.6. The Morgan fingerprint density at radius 1 is 0.964 bits per heavy atom. The first-order valence-electron chi connectivity index (χ1n) is 18.9. The minimum absolute atomic E-state index is 0.00122. The molecule has 18 N–H and O–H groups in total. The number of hydrogen-bond donors (Lipinski definition) is 14. The van der Waals surface area contributed by atoms with Crippen LogP contribution < -0.4 is 60.2 Å². The third kappa shape index (κ3) is 14.9. The Kier molecular flexibility index (Phi) is 18.9. The number of carbonyl (C=O) groups is 6. The predicted molar refractivity (Wildman–Crippen MR) is 199 cm³/mol. The minimum Gasteiger partial charge on any atom is -0.441 e. The van der Waals surface area contributed by atoms with E-state index in [-0.39, 0.29) is 62.6 Å². The summed E-state index contributed by atoms with van der Waals surface area (Å²) in [4.78, 5) is 78.1. The van der Waals surface area contributed by atoms with E-state index >= 15 is 0 Å². The van der Waals surface area contributed by atoms with Crippen LogP contribution in [-0.4, -0.2) is 157 Å². The summed E-state index contributed by atoms with van der Waals surface area (Å²) in [6.07, 6.45) is -4.88.